The van der Waals surface area contributed by atoms with Crippen LogP contribution in [0.2, 0.25) is 0 Å². The van der Waals surface area contributed by atoms with Crippen LogP contribution in [0.1, 0.15) is 19.8 Å². The first-order valence-electron chi connectivity index (χ1n) is 4.49. The summed E-state index contributed by atoms with van der Waals surface area (Å²) in [4.78, 5) is 0. The van der Waals surface area contributed by atoms with Gasteiger partial charge >= 0.3 is 0 Å². The predicted octanol–water partition coefficient (Wildman–Crippen LogP) is 1.08. The van der Waals surface area contributed by atoms with Crippen molar-refractivity contribution < 1.29 is 0 Å². The Morgan fingerprint density at radius 1 is 1.77 bits per heavy atom. The molecule has 1 aliphatic rings. The molecule has 4 nitrogen and oxygen atoms in total. The normalized spacial score (nSPS) is 21.1. The molecule has 2 rings (SSSR count). The molecule has 1 fully saturated rings. The minimum absolute atomic E-state index is 0.0134. The Morgan fingerprint density at radius 3 is 3.00 bits per heavy atom. The van der Waals surface area contributed by atoms with Gasteiger partial charge in [-0.15, -0.1) is 10.2 Å². The van der Waals surface area contributed by atoms with E-state index < -0.39 is 0 Å². The molecule has 13 heavy (non-hydrogen) atoms. The summed E-state index contributed by atoms with van der Waals surface area (Å²) in [5.74, 6) is 0.710. The Hall–Kier alpha value is -0.680. The molecule has 0 bridgehead atoms. The number of nitrogens with two attached hydrogens (primary N) is 1. The highest BCUT2D eigenvalue weighted by molar-refractivity contribution is 7.13. The Bertz CT molecular complexity index is 270. The first-order valence-corrected chi connectivity index (χ1v) is 5.37. The van der Waals surface area contributed by atoms with Crippen molar-refractivity contribution in [2.45, 2.75) is 25.3 Å². The minimum atomic E-state index is 0.0134. The van der Waals surface area contributed by atoms with Gasteiger partial charge in [-0.05, 0) is 25.7 Å². The second kappa shape index (κ2) is 3.23. The van der Waals surface area contributed by atoms with E-state index in [1.54, 1.807) is 5.51 Å². The molecule has 5 heteroatoms. The quantitative estimate of drug-likeness (QED) is 0.760. The first kappa shape index (κ1) is 8.90. The highest BCUT2D eigenvalue weighted by Gasteiger charge is 2.40. The fraction of sp³-hybridized carbons (Fsp3) is 0.750. The van der Waals surface area contributed by atoms with E-state index in [4.69, 9.17) is 5.73 Å². The summed E-state index contributed by atoms with van der Waals surface area (Å²) in [7, 11) is 0. The summed E-state index contributed by atoms with van der Waals surface area (Å²) >= 11 is 1.52. The van der Waals surface area contributed by atoms with Crippen LogP contribution in [0.5, 0.6) is 0 Å². The molecule has 1 heterocycles. The van der Waals surface area contributed by atoms with Crippen LogP contribution in [-0.2, 0) is 0 Å². The maximum absolute atomic E-state index is 5.76. The molecule has 1 unspecified atom stereocenters. The van der Waals surface area contributed by atoms with Crippen molar-refractivity contribution in [3.63, 3.8) is 0 Å². The van der Waals surface area contributed by atoms with Gasteiger partial charge in [-0.25, -0.2) is 0 Å². The number of rotatable bonds is 4. The third-order valence-electron chi connectivity index (χ3n) is 2.65. The minimum Gasteiger partial charge on any atom is -0.353 e. The molecule has 0 saturated heterocycles. The summed E-state index contributed by atoms with van der Waals surface area (Å²) in [6, 6.07) is 0. The summed E-state index contributed by atoms with van der Waals surface area (Å²) < 4.78 is 0. The lowest BCUT2D eigenvalue weighted by atomic mass is 9.96. The Balaban J connectivity index is 2.05. The van der Waals surface area contributed by atoms with E-state index in [2.05, 4.69) is 22.4 Å². The van der Waals surface area contributed by atoms with Crippen LogP contribution in [0.4, 0.5) is 5.13 Å². The summed E-state index contributed by atoms with van der Waals surface area (Å²) in [6.45, 7) is 2.81. The fourth-order valence-electron chi connectivity index (χ4n) is 1.51. The molecule has 0 aliphatic heterocycles. The number of nitrogens with zero attached hydrogens (tertiary/aromatic N) is 2. The molecule has 72 valence electrons. The van der Waals surface area contributed by atoms with Crippen molar-refractivity contribution in [3.05, 3.63) is 5.51 Å². The van der Waals surface area contributed by atoms with Crippen molar-refractivity contribution in [2.75, 3.05) is 11.9 Å². The van der Waals surface area contributed by atoms with E-state index in [0.29, 0.717) is 12.5 Å². The van der Waals surface area contributed by atoms with Crippen molar-refractivity contribution in [1.82, 2.24) is 10.2 Å². The fourth-order valence-corrected chi connectivity index (χ4v) is 2.09. The largest absolute Gasteiger partial charge is 0.353 e. The average molecular weight is 198 g/mol. The van der Waals surface area contributed by atoms with E-state index in [0.717, 1.165) is 5.13 Å². The van der Waals surface area contributed by atoms with E-state index in [1.807, 2.05) is 0 Å². The van der Waals surface area contributed by atoms with Crippen LogP contribution >= 0.6 is 11.3 Å². The number of nitrogens with one attached hydrogen (secondary N) is 1. The maximum Gasteiger partial charge on any atom is 0.205 e. The third-order valence-corrected chi connectivity index (χ3v) is 3.26. The van der Waals surface area contributed by atoms with Crippen LogP contribution in [0.25, 0.3) is 0 Å². The Morgan fingerprint density at radius 2 is 2.54 bits per heavy atom. The second-order valence-corrected chi connectivity index (χ2v) is 4.60. The van der Waals surface area contributed by atoms with Crippen LogP contribution in [-0.4, -0.2) is 22.3 Å². The maximum atomic E-state index is 5.76. The smallest absolute Gasteiger partial charge is 0.205 e. The van der Waals surface area contributed by atoms with Gasteiger partial charge in [0, 0.05) is 6.54 Å². The average Bonchev–Trinajstić information content (AvgIpc) is 2.88. The molecule has 1 aromatic rings. The number of hydrogen-bond acceptors (Lipinski definition) is 5. The Labute approximate surface area is 81.6 Å². The van der Waals surface area contributed by atoms with Gasteiger partial charge in [0.2, 0.25) is 5.13 Å². The molecule has 1 saturated carbocycles. The van der Waals surface area contributed by atoms with Crippen LogP contribution < -0.4 is 11.1 Å². The van der Waals surface area contributed by atoms with Crippen LogP contribution in [0, 0.1) is 5.92 Å². The zero-order valence-corrected chi connectivity index (χ0v) is 8.47. The number of hydrogen-bond donors (Lipinski definition) is 2. The molecule has 1 aromatic heterocycles. The molecule has 1 aliphatic carbocycles. The number of anilines is 1. The second-order valence-electron chi connectivity index (χ2n) is 3.76. The monoisotopic (exact) mass is 198 g/mol. The van der Waals surface area contributed by atoms with Crippen LogP contribution in [0.3, 0.4) is 0 Å². The van der Waals surface area contributed by atoms with Crippen molar-refractivity contribution in [2.24, 2.45) is 11.7 Å². The molecule has 0 aromatic carbocycles. The van der Waals surface area contributed by atoms with Gasteiger partial charge in [-0.2, -0.15) is 0 Å². The van der Waals surface area contributed by atoms with Crippen LogP contribution in [0.15, 0.2) is 5.51 Å². The van der Waals surface area contributed by atoms with Crippen molar-refractivity contribution in [3.8, 4) is 0 Å². The van der Waals surface area contributed by atoms with Gasteiger partial charge in [0.15, 0.2) is 0 Å². The molecule has 0 spiro atoms. The first-order chi connectivity index (χ1) is 6.24. The van der Waals surface area contributed by atoms with Crippen molar-refractivity contribution in [1.29, 1.82) is 0 Å². The van der Waals surface area contributed by atoms with E-state index in [-0.39, 0.29) is 5.54 Å². The van der Waals surface area contributed by atoms with Gasteiger partial charge < -0.3 is 11.1 Å². The topological polar surface area (TPSA) is 63.8 Å². The summed E-state index contributed by atoms with van der Waals surface area (Å²) in [5.41, 5.74) is 7.50. The standard InChI is InChI=1S/C8H14N4S/c1-8(4-9,6-2-3-6)11-7-12-10-5-13-7/h5-6H,2-4,9H2,1H3,(H,11,12). The molecular weight excluding hydrogens is 184 g/mol. The lowest BCUT2D eigenvalue weighted by Crippen LogP contribution is -2.44. The molecule has 0 radical (unpaired) electrons. The molecule has 1 atom stereocenters. The highest BCUT2D eigenvalue weighted by atomic mass is 32.1. The zero-order chi connectivity index (χ0) is 9.31. The summed E-state index contributed by atoms with van der Waals surface area (Å²) in [5, 5.41) is 12.0. The lowest BCUT2D eigenvalue weighted by Gasteiger charge is -2.28. The van der Waals surface area contributed by atoms with Gasteiger partial charge in [-0.1, -0.05) is 11.3 Å². The van der Waals surface area contributed by atoms with Gasteiger partial charge in [0.1, 0.15) is 5.51 Å². The predicted molar refractivity (Wildman–Crippen MR) is 53.7 cm³/mol. The highest BCUT2D eigenvalue weighted by Crippen LogP contribution is 2.40. The van der Waals surface area contributed by atoms with E-state index in [9.17, 15) is 0 Å². The van der Waals surface area contributed by atoms with Crippen molar-refractivity contribution >= 4 is 16.5 Å². The molecule has 3 N–H and O–H groups in total. The summed E-state index contributed by atoms with van der Waals surface area (Å²) in [6.07, 6.45) is 2.55. The number of aromatic nitrogens is 2. The SMILES string of the molecule is CC(CN)(Nc1nncs1)C1CC1. The van der Waals surface area contributed by atoms with Gasteiger partial charge in [0.25, 0.3) is 0 Å². The Kier molecular flexibility index (Phi) is 2.21. The van der Waals surface area contributed by atoms with E-state index in [1.165, 1.54) is 24.2 Å². The zero-order valence-electron chi connectivity index (χ0n) is 7.66. The lowest BCUT2D eigenvalue weighted by molar-refractivity contribution is 0.459. The van der Waals surface area contributed by atoms with Gasteiger partial charge in [0.05, 0.1) is 5.54 Å². The third kappa shape index (κ3) is 1.81. The van der Waals surface area contributed by atoms with Gasteiger partial charge in [-0.3, -0.25) is 0 Å². The molecule has 0 amide bonds. The molecular formula is C8H14N4S. The van der Waals surface area contributed by atoms with E-state index >= 15 is 0 Å².